The first-order chi connectivity index (χ1) is 8.12. The predicted molar refractivity (Wildman–Crippen MR) is 76.6 cm³/mol. The minimum absolute atomic E-state index is 0.567. The highest BCUT2D eigenvalue weighted by Gasteiger charge is 2.13. The summed E-state index contributed by atoms with van der Waals surface area (Å²) in [5.41, 5.74) is 2.53. The van der Waals surface area contributed by atoms with Gasteiger partial charge < -0.3 is 0 Å². The van der Waals surface area contributed by atoms with Crippen molar-refractivity contribution in [3.63, 3.8) is 0 Å². The monoisotopic (exact) mass is 301 g/mol. The van der Waals surface area contributed by atoms with Gasteiger partial charge in [-0.15, -0.1) is 0 Å². The van der Waals surface area contributed by atoms with Crippen molar-refractivity contribution in [2.75, 3.05) is 11.9 Å². The number of aryl methyl sites for hydroxylation is 2. The predicted octanol–water partition coefficient (Wildman–Crippen LogP) is 3.07. The third-order valence-corrected chi connectivity index (χ3v) is 3.40. The van der Waals surface area contributed by atoms with Gasteiger partial charge in [0.25, 0.3) is 0 Å². The molecule has 0 saturated heterocycles. The van der Waals surface area contributed by atoms with Gasteiger partial charge in [-0.3, -0.25) is 9.58 Å². The van der Waals surface area contributed by atoms with Crippen molar-refractivity contribution >= 4 is 15.9 Å². The molecule has 1 rings (SSSR count). The molecule has 3 nitrogen and oxygen atoms in total. The molecule has 0 aliphatic heterocycles. The minimum Gasteiger partial charge on any atom is -0.294 e. The number of hydrogen-bond donors (Lipinski definition) is 0. The molecule has 0 bridgehead atoms. The van der Waals surface area contributed by atoms with E-state index >= 15 is 0 Å². The molecular formula is C13H24BrN3. The SMILES string of the molecule is CCc1cc(CN(CCBr)C(C)C)n(CC)n1. The van der Waals surface area contributed by atoms with Crippen LogP contribution in [0.2, 0.25) is 0 Å². The number of hydrogen-bond acceptors (Lipinski definition) is 2. The van der Waals surface area contributed by atoms with Crippen LogP contribution in [0.1, 0.15) is 39.1 Å². The van der Waals surface area contributed by atoms with Crippen LogP contribution in [-0.4, -0.2) is 32.6 Å². The highest BCUT2D eigenvalue weighted by molar-refractivity contribution is 9.09. The summed E-state index contributed by atoms with van der Waals surface area (Å²) in [5, 5.41) is 5.62. The van der Waals surface area contributed by atoms with Crippen LogP contribution < -0.4 is 0 Å². The van der Waals surface area contributed by atoms with Gasteiger partial charge in [-0.05, 0) is 33.3 Å². The zero-order valence-electron chi connectivity index (χ0n) is 11.4. The van der Waals surface area contributed by atoms with Gasteiger partial charge in [-0.1, -0.05) is 22.9 Å². The van der Waals surface area contributed by atoms with Crippen molar-refractivity contribution in [2.45, 2.75) is 53.2 Å². The second-order valence-electron chi connectivity index (χ2n) is 4.55. The molecule has 0 radical (unpaired) electrons. The Kier molecular flexibility index (Phi) is 6.20. The van der Waals surface area contributed by atoms with Crippen LogP contribution in [0.5, 0.6) is 0 Å². The molecule has 0 unspecified atom stereocenters. The second kappa shape index (κ2) is 7.17. The average molecular weight is 302 g/mol. The van der Waals surface area contributed by atoms with Crippen molar-refractivity contribution < 1.29 is 0 Å². The molecule has 0 N–H and O–H groups in total. The lowest BCUT2D eigenvalue weighted by Gasteiger charge is -2.25. The molecule has 0 spiro atoms. The molecule has 0 fully saturated rings. The summed E-state index contributed by atoms with van der Waals surface area (Å²) in [6.07, 6.45) is 1.01. The minimum atomic E-state index is 0.567. The van der Waals surface area contributed by atoms with Crippen molar-refractivity contribution in [3.8, 4) is 0 Å². The second-order valence-corrected chi connectivity index (χ2v) is 5.34. The largest absolute Gasteiger partial charge is 0.294 e. The summed E-state index contributed by atoms with van der Waals surface area (Å²) in [4.78, 5) is 2.47. The summed E-state index contributed by atoms with van der Waals surface area (Å²) in [6.45, 7) is 11.8. The molecule has 0 saturated carbocycles. The molecule has 0 atom stereocenters. The fraction of sp³-hybridized carbons (Fsp3) is 0.769. The summed E-state index contributed by atoms with van der Waals surface area (Å²) in [5.74, 6) is 0. The maximum atomic E-state index is 4.60. The normalized spacial score (nSPS) is 11.7. The van der Waals surface area contributed by atoms with Gasteiger partial charge in [0.2, 0.25) is 0 Å². The van der Waals surface area contributed by atoms with Crippen LogP contribution in [0, 0.1) is 0 Å². The maximum absolute atomic E-state index is 4.60. The highest BCUT2D eigenvalue weighted by Crippen LogP contribution is 2.11. The first-order valence-electron chi connectivity index (χ1n) is 6.47. The fourth-order valence-corrected chi connectivity index (χ4v) is 2.38. The van der Waals surface area contributed by atoms with E-state index < -0.39 is 0 Å². The van der Waals surface area contributed by atoms with Gasteiger partial charge in [0.15, 0.2) is 0 Å². The molecule has 1 heterocycles. The lowest BCUT2D eigenvalue weighted by Crippen LogP contribution is -2.32. The van der Waals surface area contributed by atoms with Crippen molar-refractivity contribution in [3.05, 3.63) is 17.5 Å². The van der Waals surface area contributed by atoms with Gasteiger partial charge in [-0.2, -0.15) is 5.10 Å². The molecule has 17 heavy (non-hydrogen) atoms. The van der Waals surface area contributed by atoms with E-state index in [4.69, 9.17) is 0 Å². The van der Waals surface area contributed by atoms with Crippen LogP contribution in [0.4, 0.5) is 0 Å². The topological polar surface area (TPSA) is 21.1 Å². The van der Waals surface area contributed by atoms with Crippen molar-refractivity contribution in [1.29, 1.82) is 0 Å². The number of aromatic nitrogens is 2. The van der Waals surface area contributed by atoms with E-state index in [0.717, 1.165) is 31.4 Å². The number of alkyl halides is 1. The van der Waals surface area contributed by atoms with Gasteiger partial charge in [0, 0.05) is 31.0 Å². The molecule has 0 aromatic carbocycles. The molecule has 98 valence electrons. The van der Waals surface area contributed by atoms with Crippen molar-refractivity contribution in [2.24, 2.45) is 0 Å². The lowest BCUT2D eigenvalue weighted by atomic mass is 10.2. The van der Waals surface area contributed by atoms with Crippen LogP contribution >= 0.6 is 15.9 Å². The lowest BCUT2D eigenvalue weighted by molar-refractivity contribution is 0.221. The quantitative estimate of drug-likeness (QED) is 0.722. The van der Waals surface area contributed by atoms with E-state index in [1.54, 1.807) is 0 Å². The third-order valence-electron chi connectivity index (χ3n) is 3.04. The Morgan fingerprint density at radius 3 is 2.59 bits per heavy atom. The van der Waals surface area contributed by atoms with Crippen LogP contribution in [-0.2, 0) is 19.5 Å². The molecule has 1 aromatic rings. The smallest absolute Gasteiger partial charge is 0.0625 e. The van der Waals surface area contributed by atoms with Crippen LogP contribution in [0.15, 0.2) is 6.07 Å². The van der Waals surface area contributed by atoms with E-state index in [9.17, 15) is 0 Å². The summed E-state index contributed by atoms with van der Waals surface area (Å²) in [7, 11) is 0. The zero-order chi connectivity index (χ0) is 12.8. The van der Waals surface area contributed by atoms with E-state index in [1.807, 2.05) is 0 Å². The Bertz CT molecular complexity index is 333. The first kappa shape index (κ1) is 14.7. The molecule has 0 aliphatic rings. The highest BCUT2D eigenvalue weighted by atomic mass is 79.9. The number of rotatable bonds is 7. The van der Waals surface area contributed by atoms with E-state index in [2.05, 4.69) is 64.4 Å². The Morgan fingerprint density at radius 2 is 2.12 bits per heavy atom. The van der Waals surface area contributed by atoms with Gasteiger partial charge in [0.05, 0.1) is 11.4 Å². The summed E-state index contributed by atoms with van der Waals surface area (Å²) < 4.78 is 2.13. The standard InChI is InChI=1S/C13H24BrN3/c1-5-12-9-13(17(6-2)15-12)10-16(8-7-14)11(3)4/h9,11H,5-8,10H2,1-4H3. The summed E-state index contributed by atoms with van der Waals surface area (Å²) in [6, 6.07) is 2.81. The molecular weight excluding hydrogens is 278 g/mol. The first-order valence-corrected chi connectivity index (χ1v) is 7.60. The van der Waals surface area contributed by atoms with E-state index in [-0.39, 0.29) is 0 Å². The van der Waals surface area contributed by atoms with E-state index in [1.165, 1.54) is 11.4 Å². The molecule has 0 aliphatic carbocycles. The Hall–Kier alpha value is -0.350. The summed E-state index contributed by atoms with van der Waals surface area (Å²) >= 11 is 3.52. The zero-order valence-corrected chi connectivity index (χ0v) is 13.0. The molecule has 0 amide bonds. The third kappa shape index (κ3) is 4.11. The van der Waals surface area contributed by atoms with Crippen molar-refractivity contribution in [1.82, 2.24) is 14.7 Å². The Labute approximate surface area is 113 Å². The molecule has 4 heteroatoms. The number of halogens is 1. The van der Waals surface area contributed by atoms with E-state index in [0.29, 0.717) is 6.04 Å². The van der Waals surface area contributed by atoms with Crippen LogP contribution in [0.3, 0.4) is 0 Å². The fourth-order valence-electron chi connectivity index (χ4n) is 1.93. The molecule has 1 aromatic heterocycles. The Morgan fingerprint density at radius 1 is 1.41 bits per heavy atom. The van der Waals surface area contributed by atoms with Crippen LogP contribution in [0.25, 0.3) is 0 Å². The van der Waals surface area contributed by atoms with Gasteiger partial charge in [-0.25, -0.2) is 0 Å². The van der Waals surface area contributed by atoms with Gasteiger partial charge >= 0.3 is 0 Å². The average Bonchev–Trinajstić information content (AvgIpc) is 2.70. The number of nitrogens with zero attached hydrogens (tertiary/aromatic N) is 3. The maximum Gasteiger partial charge on any atom is 0.0625 e. The van der Waals surface area contributed by atoms with Gasteiger partial charge in [0.1, 0.15) is 0 Å². The Balaban J connectivity index is 2.80.